The number of hydrogen-bond acceptors (Lipinski definition) is 3. The lowest BCUT2D eigenvalue weighted by atomic mass is 10.1. The molecular formula is C18H27BrO3. The van der Waals surface area contributed by atoms with Crippen molar-refractivity contribution in [2.24, 2.45) is 5.92 Å². The molecule has 1 rings (SSSR count). The van der Waals surface area contributed by atoms with Crippen LogP contribution in [0.4, 0.5) is 0 Å². The highest BCUT2D eigenvalue weighted by atomic mass is 79.9. The van der Waals surface area contributed by atoms with Gasteiger partial charge in [0, 0.05) is 30.2 Å². The second kappa shape index (κ2) is 12.5. The first-order valence-electron chi connectivity index (χ1n) is 7.80. The van der Waals surface area contributed by atoms with Crippen LogP contribution in [-0.2, 0) is 9.53 Å². The predicted molar refractivity (Wildman–Crippen MR) is 94.3 cm³/mol. The summed E-state index contributed by atoms with van der Waals surface area (Å²) in [7, 11) is 0. The van der Waals surface area contributed by atoms with Crippen molar-refractivity contribution in [2.45, 2.75) is 47.0 Å². The number of hydrogen-bond donors (Lipinski definition) is 0. The third-order valence-electron chi connectivity index (χ3n) is 3.23. The van der Waals surface area contributed by atoms with E-state index in [0.717, 1.165) is 30.0 Å². The maximum Gasteiger partial charge on any atom is 0.228 e. The molecule has 0 N–H and O–H groups in total. The Kier molecular flexibility index (Phi) is 12.0. The SMILES string of the molecule is CC(=O)C(=O)c1ccc(Br)cc1.CCCOCC[C@H](C)CC. The third-order valence-corrected chi connectivity index (χ3v) is 3.76. The average molecular weight is 371 g/mol. The van der Waals surface area contributed by atoms with E-state index in [9.17, 15) is 9.59 Å². The molecule has 0 spiro atoms. The van der Waals surface area contributed by atoms with E-state index in [2.05, 4.69) is 36.7 Å². The number of halogens is 1. The van der Waals surface area contributed by atoms with Crippen LogP contribution in [0.3, 0.4) is 0 Å². The molecule has 0 radical (unpaired) electrons. The van der Waals surface area contributed by atoms with Crippen molar-refractivity contribution >= 4 is 27.5 Å². The fourth-order valence-electron chi connectivity index (χ4n) is 1.54. The van der Waals surface area contributed by atoms with Gasteiger partial charge in [0.15, 0.2) is 5.78 Å². The van der Waals surface area contributed by atoms with Gasteiger partial charge in [-0.05, 0) is 43.0 Å². The number of carbonyl (C=O) groups is 2. The van der Waals surface area contributed by atoms with E-state index in [1.807, 2.05) is 0 Å². The lowest BCUT2D eigenvalue weighted by Gasteiger charge is -2.07. The Morgan fingerprint density at radius 3 is 2.18 bits per heavy atom. The summed E-state index contributed by atoms with van der Waals surface area (Å²) in [5, 5.41) is 0. The lowest BCUT2D eigenvalue weighted by Crippen LogP contribution is -2.08. The number of carbonyl (C=O) groups excluding carboxylic acids is 2. The smallest absolute Gasteiger partial charge is 0.228 e. The first kappa shape index (κ1) is 21.0. The Balaban J connectivity index is 0.000000409. The van der Waals surface area contributed by atoms with E-state index in [-0.39, 0.29) is 0 Å². The quantitative estimate of drug-likeness (QED) is 0.364. The summed E-state index contributed by atoms with van der Waals surface area (Å²) in [5.41, 5.74) is 0.436. The van der Waals surface area contributed by atoms with Crippen molar-refractivity contribution in [3.05, 3.63) is 34.3 Å². The standard InChI is InChI=1S/C9H7BrO2.C9H20O/c1-6(11)9(12)7-2-4-8(10)5-3-7;1-4-7-10-8-6-9(3)5-2/h2-5H,1H3;9H,4-8H2,1-3H3/t;9-/m.1/s1. The molecule has 0 heterocycles. The molecule has 0 aromatic heterocycles. The number of rotatable bonds is 8. The van der Waals surface area contributed by atoms with E-state index in [0.29, 0.717) is 5.56 Å². The molecule has 1 aromatic carbocycles. The largest absolute Gasteiger partial charge is 0.381 e. The maximum absolute atomic E-state index is 11.1. The normalized spacial score (nSPS) is 11.3. The summed E-state index contributed by atoms with van der Waals surface area (Å²) in [6.45, 7) is 9.78. The van der Waals surface area contributed by atoms with Crippen molar-refractivity contribution in [3.8, 4) is 0 Å². The van der Waals surface area contributed by atoms with E-state index in [4.69, 9.17) is 4.74 Å². The predicted octanol–water partition coefficient (Wildman–Crippen LogP) is 5.07. The molecule has 0 aliphatic carbocycles. The summed E-state index contributed by atoms with van der Waals surface area (Å²) in [4.78, 5) is 21.8. The van der Waals surface area contributed by atoms with Gasteiger partial charge in [-0.2, -0.15) is 0 Å². The Labute approximate surface area is 142 Å². The van der Waals surface area contributed by atoms with Crippen LogP contribution in [0.5, 0.6) is 0 Å². The summed E-state index contributed by atoms with van der Waals surface area (Å²) < 4.78 is 6.25. The maximum atomic E-state index is 11.1. The minimum atomic E-state index is -0.442. The Bertz CT molecular complexity index is 440. The number of ether oxygens (including phenoxy) is 1. The first-order valence-corrected chi connectivity index (χ1v) is 8.60. The van der Waals surface area contributed by atoms with Gasteiger partial charge in [-0.1, -0.05) is 43.1 Å². The van der Waals surface area contributed by atoms with Gasteiger partial charge in [0.05, 0.1) is 0 Å². The molecule has 1 aromatic rings. The Morgan fingerprint density at radius 2 is 1.73 bits per heavy atom. The zero-order valence-corrected chi connectivity index (χ0v) is 15.6. The molecule has 0 fully saturated rings. The van der Waals surface area contributed by atoms with Gasteiger partial charge < -0.3 is 4.74 Å². The second-order valence-electron chi connectivity index (χ2n) is 5.31. The van der Waals surface area contributed by atoms with Gasteiger partial charge in [0.2, 0.25) is 5.78 Å². The molecule has 22 heavy (non-hydrogen) atoms. The van der Waals surface area contributed by atoms with Crippen LogP contribution in [0, 0.1) is 5.92 Å². The van der Waals surface area contributed by atoms with E-state index in [1.165, 1.54) is 19.8 Å². The molecule has 0 unspecified atom stereocenters. The van der Waals surface area contributed by atoms with Crippen molar-refractivity contribution in [2.75, 3.05) is 13.2 Å². The molecule has 0 saturated heterocycles. The van der Waals surface area contributed by atoms with E-state index >= 15 is 0 Å². The summed E-state index contributed by atoms with van der Waals surface area (Å²) >= 11 is 3.24. The highest BCUT2D eigenvalue weighted by molar-refractivity contribution is 9.10. The lowest BCUT2D eigenvalue weighted by molar-refractivity contribution is -0.113. The number of ketones is 2. The van der Waals surface area contributed by atoms with E-state index < -0.39 is 11.6 Å². The molecule has 4 heteroatoms. The average Bonchev–Trinajstić information content (AvgIpc) is 2.52. The van der Waals surface area contributed by atoms with Crippen LogP contribution >= 0.6 is 15.9 Å². The van der Waals surface area contributed by atoms with Gasteiger partial charge in [-0.3, -0.25) is 9.59 Å². The fraction of sp³-hybridized carbons (Fsp3) is 0.556. The van der Waals surface area contributed by atoms with Gasteiger partial charge >= 0.3 is 0 Å². The molecule has 0 aliphatic heterocycles. The molecule has 1 atom stereocenters. The van der Waals surface area contributed by atoms with Gasteiger partial charge in [-0.15, -0.1) is 0 Å². The van der Waals surface area contributed by atoms with Gasteiger partial charge in [-0.25, -0.2) is 0 Å². The van der Waals surface area contributed by atoms with E-state index in [1.54, 1.807) is 24.3 Å². The van der Waals surface area contributed by atoms with Crippen molar-refractivity contribution in [1.29, 1.82) is 0 Å². The molecule has 0 aliphatic rings. The molecular weight excluding hydrogens is 344 g/mol. The van der Waals surface area contributed by atoms with Crippen LogP contribution in [0.15, 0.2) is 28.7 Å². The van der Waals surface area contributed by atoms with Crippen LogP contribution < -0.4 is 0 Å². The van der Waals surface area contributed by atoms with Crippen molar-refractivity contribution in [3.63, 3.8) is 0 Å². The monoisotopic (exact) mass is 370 g/mol. The van der Waals surface area contributed by atoms with Crippen molar-refractivity contribution < 1.29 is 14.3 Å². The highest BCUT2D eigenvalue weighted by Gasteiger charge is 2.09. The fourth-order valence-corrected chi connectivity index (χ4v) is 1.80. The minimum Gasteiger partial charge on any atom is -0.381 e. The van der Waals surface area contributed by atoms with Crippen LogP contribution in [0.2, 0.25) is 0 Å². The topological polar surface area (TPSA) is 43.4 Å². The molecule has 0 bridgehead atoms. The third kappa shape index (κ3) is 9.85. The van der Waals surface area contributed by atoms with Gasteiger partial charge in [0.25, 0.3) is 0 Å². The second-order valence-corrected chi connectivity index (χ2v) is 6.22. The zero-order chi connectivity index (χ0) is 17.0. The molecule has 0 amide bonds. The number of benzene rings is 1. The van der Waals surface area contributed by atoms with Gasteiger partial charge in [0.1, 0.15) is 0 Å². The minimum absolute atomic E-state index is 0.433. The molecule has 3 nitrogen and oxygen atoms in total. The summed E-state index contributed by atoms with van der Waals surface area (Å²) in [6, 6.07) is 6.70. The first-order chi connectivity index (χ1) is 10.4. The molecule has 124 valence electrons. The van der Waals surface area contributed by atoms with Crippen LogP contribution in [-0.4, -0.2) is 24.8 Å². The summed E-state index contributed by atoms with van der Waals surface area (Å²) in [6.07, 6.45) is 3.63. The molecule has 0 saturated carbocycles. The van der Waals surface area contributed by atoms with Crippen LogP contribution in [0.1, 0.15) is 57.3 Å². The zero-order valence-electron chi connectivity index (χ0n) is 14.0. The number of Topliss-reactive ketones (excluding diaryl/α,β-unsaturated/α-hetero) is 2. The summed E-state index contributed by atoms with van der Waals surface area (Å²) in [5.74, 6) is -0.0447. The Morgan fingerprint density at radius 1 is 1.14 bits per heavy atom. The van der Waals surface area contributed by atoms with Crippen molar-refractivity contribution in [1.82, 2.24) is 0 Å². The highest BCUT2D eigenvalue weighted by Crippen LogP contribution is 2.11. The Hall–Kier alpha value is -1.00. The van der Waals surface area contributed by atoms with Crippen LogP contribution in [0.25, 0.3) is 0 Å².